The predicted octanol–water partition coefficient (Wildman–Crippen LogP) is 5.71. The smallest absolute Gasteiger partial charge is 0.123 e. The SMILES string of the molecule is CCC1(C(Cl)c2cc(Br)ccc2OC)CCCC1. The number of benzene rings is 1. The van der Waals surface area contributed by atoms with Crippen LogP contribution in [0, 0.1) is 5.41 Å². The van der Waals surface area contributed by atoms with Gasteiger partial charge < -0.3 is 4.74 Å². The molecular formula is C15H20BrClO. The van der Waals surface area contributed by atoms with Crippen molar-refractivity contribution in [2.24, 2.45) is 5.41 Å². The molecule has 1 saturated carbocycles. The quantitative estimate of drug-likeness (QED) is 0.642. The molecule has 0 spiro atoms. The van der Waals surface area contributed by atoms with Crippen LogP contribution in [0.2, 0.25) is 0 Å². The van der Waals surface area contributed by atoms with E-state index in [9.17, 15) is 0 Å². The Morgan fingerprint density at radius 1 is 1.39 bits per heavy atom. The van der Waals surface area contributed by atoms with E-state index < -0.39 is 0 Å². The van der Waals surface area contributed by atoms with Gasteiger partial charge in [0.05, 0.1) is 12.5 Å². The first kappa shape index (κ1) is 14.2. The Morgan fingerprint density at radius 2 is 2.06 bits per heavy atom. The van der Waals surface area contributed by atoms with Crippen LogP contribution < -0.4 is 4.74 Å². The summed E-state index contributed by atoms with van der Waals surface area (Å²) in [5.41, 5.74) is 1.37. The van der Waals surface area contributed by atoms with Crippen LogP contribution in [0.5, 0.6) is 5.75 Å². The van der Waals surface area contributed by atoms with Crippen LogP contribution in [0.25, 0.3) is 0 Å². The molecule has 0 aliphatic heterocycles. The monoisotopic (exact) mass is 330 g/mol. The van der Waals surface area contributed by atoms with Crippen LogP contribution in [-0.2, 0) is 0 Å². The van der Waals surface area contributed by atoms with Gasteiger partial charge in [-0.3, -0.25) is 0 Å². The zero-order chi connectivity index (χ0) is 13.2. The first-order valence-electron chi connectivity index (χ1n) is 6.60. The number of hydrogen-bond donors (Lipinski definition) is 0. The molecule has 1 aromatic rings. The molecule has 1 aliphatic carbocycles. The van der Waals surface area contributed by atoms with Crippen LogP contribution in [0.3, 0.4) is 0 Å². The second kappa shape index (κ2) is 5.83. The van der Waals surface area contributed by atoms with Crippen LogP contribution >= 0.6 is 27.5 Å². The Morgan fingerprint density at radius 3 is 2.61 bits per heavy atom. The van der Waals surface area contributed by atoms with Gasteiger partial charge in [0.2, 0.25) is 0 Å². The predicted molar refractivity (Wildman–Crippen MR) is 80.5 cm³/mol. The maximum atomic E-state index is 6.82. The molecule has 2 rings (SSSR count). The lowest BCUT2D eigenvalue weighted by Crippen LogP contribution is -2.22. The number of methoxy groups -OCH3 is 1. The highest BCUT2D eigenvalue weighted by molar-refractivity contribution is 9.10. The molecular weight excluding hydrogens is 312 g/mol. The maximum Gasteiger partial charge on any atom is 0.123 e. The van der Waals surface area contributed by atoms with E-state index in [2.05, 4.69) is 28.9 Å². The first-order valence-corrected chi connectivity index (χ1v) is 7.83. The Hall–Kier alpha value is -0.210. The second-order valence-electron chi connectivity index (χ2n) is 5.17. The second-order valence-corrected chi connectivity index (χ2v) is 6.52. The molecule has 1 unspecified atom stereocenters. The summed E-state index contributed by atoms with van der Waals surface area (Å²) in [7, 11) is 1.71. The zero-order valence-corrected chi connectivity index (χ0v) is 13.4. The Balaban J connectivity index is 2.37. The van der Waals surface area contributed by atoms with E-state index in [1.807, 2.05) is 12.1 Å². The van der Waals surface area contributed by atoms with Crippen LogP contribution in [-0.4, -0.2) is 7.11 Å². The Labute approximate surface area is 123 Å². The van der Waals surface area contributed by atoms with Crippen molar-refractivity contribution in [3.05, 3.63) is 28.2 Å². The summed E-state index contributed by atoms with van der Waals surface area (Å²) in [5.74, 6) is 0.901. The van der Waals surface area contributed by atoms with Gasteiger partial charge in [-0.25, -0.2) is 0 Å². The average molecular weight is 332 g/mol. The molecule has 3 heteroatoms. The number of alkyl halides is 1. The minimum absolute atomic E-state index is 0.0393. The summed E-state index contributed by atoms with van der Waals surface area (Å²) in [6.07, 6.45) is 6.19. The number of ether oxygens (including phenoxy) is 1. The van der Waals surface area contributed by atoms with Crippen LogP contribution in [0.4, 0.5) is 0 Å². The first-order chi connectivity index (χ1) is 8.63. The molecule has 0 N–H and O–H groups in total. The molecule has 1 aliphatic rings. The van der Waals surface area contributed by atoms with Crippen molar-refractivity contribution >= 4 is 27.5 Å². The van der Waals surface area contributed by atoms with Gasteiger partial charge in [-0.2, -0.15) is 0 Å². The van der Waals surface area contributed by atoms with E-state index in [4.69, 9.17) is 16.3 Å². The third-order valence-electron chi connectivity index (χ3n) is 4.31. The molecule has 1 atom stereocenters. The minimum Gasteiger partial charge on any atom is -0.496 e. The van der Waals surface area contributed by atoms with Crippen LogP contribution in [0.1, 0.15) is 50.0 Å². The summed E-state index contributed by atoms with van der Waals surface area (Å²) >= 11 is 10.4. The summed E-state index contributed by atoms with van der Waals surface area (Å²) < 4.78 is 6.53. The van der Waals surface area contributed by atoms with E-state index in [1.54, 1.807) is 7.11 Å². The van der Waals surface area contributed by atoms with E-state index in [0.29, 0.717) is 0 Å². The minimum atomic E-state index is 0.0393. The molecule has 1 aromatic carbocycles. The molecule has 0 bridgehead atoms. The third-order valence-corrected chi connectivity index (χ3v) is 5.50. The van der Waals surface area contributed by atoms with Gasteiger partial charge in [-0.15, -0.1) is 11.6 Å². The van der Waals surface area contributed by atoms with Crippen molar-refractivity contribution in [2.45, 2.75) is 44.4 Å². The average Bonchev–Trinajstić information content (AvgIpc) is 2.87. The number of halogens is 2. The van der Waals surface area contributed by atoms with Gasteiger partial charge in [0.15, 0.2) is 0 Å². The fourth-order valence-corrected chi connectivity index (χ4v) is 4.02. The lowest BCUT2D eigenvalue weighted by Gasteiger charge is -2.33. The van der Waals surface area contributed by atoms with Gasteiger partial charge in [0.25, 0.3) is 0 Å². The van der Waals surface area contributed by atoms with E-state index >= 15 is 0 Å². The van der Waals surface area contributed by atoms with Gasteiger partial charge in [-0.05, 0) is 42.9 Å². The molecule has 100 valence electrons. The fraction of sp³-hybridized carbons (Fsp3) is 0.600. The van der Waals surface area contributed by atoms with Crippen LogP contribution in [0.15, 0.2) is 22.7 Å². The van der Waals surface area contributed by atoms with Gasteiger partial charge in [0.1, 0.15) is 5.75 Å². The molecule has 18 heavy (non-hydrogen) atoms. The van der Waals surface area contributed by atoms with Crippen molar-refractivity contribution in [3.63, 3.8) is 0 Å². The van der Waals surface area contributed by atoms with Crippen molar-refractivity contribution in [3.8, 4) is 5.75 Å². The molecule has 1 nitrogen and oxygen atoms in total. The van der Waals surface area contributed by atoms with Crippen molar-refractivity contribution < 1.29 is 4.74 Å². The van der Waals surface area contributed by atoms with E-state index in [0.717, 1.165) is 22.2 Å². The summed E-state index contributed by atoms with van der Waals surface area (Å²) in [6, 6.07) is 6.10. The standard InChI is InChI=1S/C15H20BrClO/c1-3-15(8-4-5-9-15)14(17)12-10-11(16)6-7-13(12)18-2/h6-7,10,14H,3-5,8-9H2,1-2H3. The number of rotatable bonds is 4. The number of hydrogen-bond acceptors (Lipinski definition) is 1. The van der Waals surface area contributed by atoms with Crippen molar-refractivity contribution in [1.29, 1.82) is 0 Å². The molecule has 0 aromatic heterocycles. The molecule has 0 amide bonds. The zero-order valence-electron chi connectivity index (χ0n) is 11.0. The van der Waals surface area contributed by atoms with Gasteiger partial charge >= 0.3 is 0 Å². The summed E-state index contributed by atoms with van der Waals surface area (Å²) in [4.78, 5) is 0. The fourth-order valence-electron chi connectivity index (χ4n) is 3.10. The Kier molecular flexibility index (Phi) is 4.60. The lowest BCUT2D eigenvalue weighted by atomic mass is 9.77. The highest BCUT2D eigenvalue weighted by atomic mass is 79.9. The Bertz CT molecular complexity index is 413. The summed E-state index contributed by atoms with van der Waals surface area (Å²) in [5, 5.41) is 0.0393. The van der Waals surface area contributed by atoms with Gasteiger partial charge in [0, 0.05) is 10.0 Å². The van der Waals surface area contributed by atoms with Crippen molar-refractivity contribution in [2.75, 3.05) is 7.11 Å². The largest absolute Gasteiger partial charge is 0.496 e. The summed E-state index contributed by atoms with van der Waals surface area (Å²) in [6.45, 7) is 2.26. The highest BCUT2D eigenvalue weighted by Gasteiger charge is 2.40. The van der Waals surface area contributed by atoms with E-state index in [-0.39, 0.29) is 10.8 Å². The van der Waals surface area contributed by atoms with Gasteiger partial charge in [-0.1, -0.05) is 35.7 Å². The normalized spacial score (nSPS) is 19.8. The molecule has 0 heterocycles. The molecule has 0 radical (unpaired) electrons. The maximum absolute atomic E-state index is 6.82. The van der Waals surface area contributed by atoms with Crippen molar-refractivity contribution in [1.82, 2.24) is 0 Å². The topological polar surface area (TPSA) is 9.23 Å². The molecule has 1 fully saturated rings. The van der Waals surface area contributed by atoms with E-state index in [1.165, 1.54) is 25.7 Å². The third kappa shape index (κ3) is 2.55. The lowest BCUT2D eigenvalue weighted by molar-refractivity contribution is 0.266. The highest BCUT2D eigenvalue weighted by Crippen LogP contribution is 2.54. The molecule has 0 saturated heterocycles.